The van der Waals surface area contributed by atoms with Crippen LogP contribution in [0.15, 0.2) is 11.6 Å². The van der Waals surface area contributed by atoms with Crippen LogP contribution in [0.25, 0.3) is 0 Å². The predicted octanol–water partition coefficient (Wildman–Crippen LogP) is 3.51. The van der Waals surface area contributed by atoms with Crippen LogP contribution in [0.4, 0.5) is 5.13 Å². The molecule has 1 aromatic rings. The quantitative estimate of drug-likeness (QED) is 0.788. The standard InChI is InChI=1S/C21H32N4O2S/c26-18(23-20-22-9-13-28-20)14-21(7-2-1-3-8-21)15-19(27)25-12-6-17(16-25)24-10-4-5-11-24/h9,13,17H,1-8,10-12,14-16H2,(H,22,23,26). The number of carbonyl (C=O) groups is 2. The molecule has 3 fully saturated rings. The van der Waals surface area contributed by atoms with Crippen LogP contribution in [0, 0.1) is 5.41 Å². The summed E-state index contributed by atoms with van der Waals surface area (Å²) < 4.78 is 0. The van der Waals surface area contributed by atoms with E-state index in [0.717, 1.165) is 45.2 Å². The SMILES string of the molecule is O=C(CC1(CC(=O)N2CCC(N3CCCC3)C2)CCCCC1)Nc1nccs1. The second-order valence-electron chi connectivity index (χ2n) is 8.82. The van der Waals surface area contributed by atoms with Crippen LogP contribution < -0.4 is 5.32 Å². The maximum atomic E-state index is 13.1. The minimum Gasteiger partial charge on any atom is -0.341 e. The summed E-state index contributed by atoms with van der Waals surface area (Å²) in [7, 11) is 0. The molecule has 1 unspecified atom stereocenters. The average molecular weight is 405 g/mol. The van der Waals surface area contributed by atoms with E-state index >= 15 is 0 Å². The molecule has 28 heavy (non-hydrogen) atoms. The fraction of sp³-hybridized carbons (Fsp3) is 0.762. The molecule has 3 heterocycles. The van der Waals surface area contributed by atoms with Gasteiger partial charge < -0.3 is 10.2 Å². The fourth-order valence-electron chi connectivity index (χ4n) is 5.31. The van der Waals surface area contributed by atoms with Crippen molar-refractivity contribution < 1.29 is 9.59 Å². The van der Waals surface area contributed by atoms with Gasteiger partial charge >= 0.3 is 0 Å². The van der Waals surface area contributed by atoms with Crippen LogP contribution >= 0.6 is 11.3 Å². The van der Waals surface area contributed by atoms with Gasteiger partial charge in [0.1, 0.15) is 0 Å². The van der Waals surface area contributed by atoms with Crippen molar-refractivity contribution in [1.82, 2.24) is 14.8 Å². The Kier molecular flexibility index (Phi) is 6.31. The Balaban J connectivity index is 1.35. The predicted molar refractivity (Wildman–Crippen MR) is 111 cm³/mol. The van der Waals surface area contributed by atoms with Crippen LogP contribution in [0.5, 0.6) is 0 Å². The number of hydrogen-bond donors (Lipinski definition) is 1. The van der Waals surface area contributed by atoms with Crippen molar-refractivity contribution in [2.45, 2.75) is 70.3 Å². The normalized spacial score (nSPS) is 25.1. The van der Waals surface area contributed by atoms with Crippen molar-refractivity contribution in [3.8, 4) is 0 Å². The fourth-order valence-corrected chi connectivity index (χ4v) is 5.86. The highest BCUT2D eigenvalue weighted by Gasteiger charge is 2.39. The van der Waals surface area contributed by atoms with Gasteiger partial charge in [-0.1, -0.05) is 19.3 Å². The van der Waals surface area contributed by atoms with Gasteiger partial charge in [0.2, 0.25) is 11.8 Å². The first-order chi connectivity index (χ1) is 13.6. The lowest BCUT2D eigenvalue weighted by Gasteiger charge is -2.37. The Hall–Kier alpha value is -1.47. The van der Waals surface area contributed by atoms with Crippen LogP contribution in [-0.2, 0) is 9.59 Å². The summed E-state index contributed by atoms with van der Waals surface area (Å²) in [5, 5.41) is 5.43. The molecular weight excluding hydrogens is 372 g/mol. The average Bonchev–Trinajstić information content (AvgIpc) is 3.44. The number of nitrogens with zero attached hydrogens (tertiary/aromatic N) is 3. The van der Waals surface area contributed by atoms with E-state index in [-0.39, 0.29) is 17.2 Å². The minimum atomic E-state index is -0.178. The van der Waals surface area contributed by atoms with Gasteiger partial charge in [0, 0.05) is 43.5 Å². The highest BCUT2D eigenvalue weighted by molar-refractivity contribution is 7.13. The molecule has 1 aliphatic carbocycles. The molecule has 3 aliphatic rings. The molecule has 2 aliphatic heterocycles. The Morgan fingerprint density at radius 3 is 2.61 bits per heavy atom. The molecule has 7 heteroatoms. The summed E-state index contributed by atoms with van der Waals surface area (Å²) in [6, 6.07) is 0.543. The van der Waals surface area contributed by atoms with E-state index in [1.165, 1.54) is 43.7 Å². The van der Waals surface area contributed by atoms with Crippen molar-refractivity contribution in [1.29, 1.82) is 0 Å². The molecular formula is C21H32N4O2S. The zero-order valence-electron chi connectivity index (χ0n) is 16.7. The van der Waals surface area contributed by atoms with E-state index in [9.17, 15) is 9.59 Å². The van der Waals surface area contributed by atoms with Gasteiger partial charge in [-0.3, -0.25) is 14.5 Å². The monoisotopic (exact) mass is 404 g/mol. The summed E-state index contributed by atoms with van der Waals surface area (Å²) in [5.41, 5.74) is -0.178. The van der Waals surface area contributed by atoms with Gasteiger partial charge in [0.25, 0.3) is 0 Å². The number of rotatable bonds is 6. The van der Waals surface area contributed by atoms with Crippen molar-refractivity contribution in [3.63, 3.8) is 0 Å². The van der Waals surface area contributed by atoms with Gasteiger partial charge in [-0.05, 0) is 50.6 Å². The topological polar surface area (TPSA) is 65.5 Å². The first kappa shape index (κ1) is 19.8. The number of likely N-dealkylation sites (tertiary alicyclic amines) is 2. The summed E-state index contributed by atoms with van der Waals surface area (Å²) >= 11 is 1.44. The molecule has 1 aromatic heterocycles. The van der Waals surface area contributed by atoms with Crippen molar-refractivity contribution in [3.05, 3.63) is 11.6 Å². The zero-order valence-corrected chi connectivity index (χ0v) is 17.5. The lowest BCUT2D eigenvalue weighted by molar-refractivity contribution is -0.134. The van der Waals surface area contributed by atoms with Crippen LogP contribution in [0.2, 0.25) is 0 Å². The summed E-state index contributed by atoms with van der Waals surface area (Å²) in [4.78, 5) is 34.6. The van der Waals surface area contributed by atoms with Crippen LogP contribution in [0.1, 0.15) is 64.2 Å². The lowest BCUT2D eigenvalue weighted by atomic mass is 9.69. The lowest BCUT2D eigenvalue weighted by Crippen LogP contribution is -2.40. The second-order valence-corrected chi connectivity index (χ2v) is 9.72. The van der Waals surface area contributed by atoms with Gasteiger partial charge in [0.15, 0.2) is 5.13 Å². The van der Waals surface area contributed by atoms with Crippen molar-refractivity contribution in [2.75, 3.05) is 31.5 Å². The molecule has 0 radical (unpaired) electrons. The van der Waals surface area contributed by atoms with Crippen LogP contribution in [0.3, 0.4) is 0 Å². The Morgan fingerprint density at radius 1 is 1.11 bits per heavy atom. The van der Waals surface area contributed by atoms with E-state index in [1.54, 1.807) is 6.20 Å². The second kappa shape index (κ2) is 8.91. The highest BCUT2D eigenvalue weighted by Crippen LogP contribution is 2.43. The Morgan fingerprint density at radius 2 is 1.89 bits per heavy atom. The van der Waals surface area contributed by atoms with E-state index in [2.05, 4.69) is 20.1 Å². The number of aromatic nitrogens is 1. The van der Waals surface area contributed by atoms with E-state index in [1.807, 2.05) is 5.38 Å². The molecule has 1 atom stereocenters. The number of anilines is 1. The number of amides is 2. The minimum absolute atomic E-state index is 0.000940. The maximum Gasteiger partial charge on any atom is 0.226 e. The van der Waals surface area contributed by atoms with Crippen molar-refractivity contribution in [2.24, 2.45) is 5.41 Å². The molecule has 0 aromatic carbocycles. The molecule has 0 bridgehead atoms. The van der Waals surface area contributed by atoms with E-state index in [0.29, 0.717) is 24.0 Å². The molecule has 0 spiro atoms. The third-order valence-electron chi connectivity index (χ3n) is 6.83. The molecule has 4 rings (SSSR count). The first-order valence-electron chi connectivity index (χ1n) is 10.8. The molecule has 2 amide bonds. The Bertz CT molecular complexity index is 666. The Labute approximate surface area is 171 Å². The van der Waals surface area contributed by atoms with Crippen LogP contribution in [-0.4, -0.2) is 58.8 Å². The highest BCUT2D eigenvalue weighted by atomic mass is 32.1. The third-order valence-corrected chi connectivity index (χ3v) is 7.52. The molecule has 1 N–H and O–H groups in total. The number of hydrogen-bond acceptors (Lipinski definition) is 5. The molecule has 1 saturated carbocycles. The number of nitrogens with one attached hydrogen (secondary N) is 1. The first-order valence-corrected chi connectivity index (χ1v) is 11.7. The van der Waals surface area contributed by atoms with Gasteiger partial charge in [0.05, 0.1) is 0 Å². The molecule has 2 saturated heterocycles. The van der Waals surface area contributed by atoms with E-state index < -0.39 is 0 Å². The van der Waals surface area contributed by atoms with Gasteiger partial charge in [-0.2, -0.15) is 0 Å². The number of carbonyl (C=O) groups excluding carboxylic acids is 2. The molecule has 6 nitrogen and oxygen atoms in total. The number of thiazole rings is 1. The summed E-state index contributed by atoms with van der Waals surface area (Å²) in [6.07, 6.45) is 11.7. The van der Waals surface area contributed by atoms with Crippen molar-refractivity contribution >= 4 is 28.3 Å². The summed E-state index contributed by atoms with van der Waals surface area (Å²) in [5.74, 6) is 0.256. The summed E-state index contributed by atoms with van der Waals surface area (Å²) in [6.45, 7) is 4.13. The van der Waals surface area contributed by atoms with Gasteiger partial charge in [-0.25, -0.2) is 4.98 Å². The van der Waals surface area contributed by atoms with Gasteiger partial charge in [-0.15, -0.1) is 11.3 Å². The smallest absolute Gasteiger partial charge is 0.226 e. The van der Waals surface area contributed by atoms with E-state index in [4.69, 9.17) is 0 Å². The molecule has 154 valence electrons. The maximum absolute atomic E-state index is 13.1. The largest absolute Gasteiger partial charge is 0.341 e. The third kappa shape index (κ3) is 4.74. The zero-order chi connectivity index (χ0) is 19.4.